The highest BCUT2D eigenvalue weighted by molar-refractivity contribution is 14.0. The third-order valence-corrected chi connectivity index (χ3v) is 6.48. The molecule has 2 N–H and O–H groups in total. The molecule has 0 saturated carbocycles. The number of hydrogen-bond acceptors (Lipinski definition) is 5. The molecule has 1 aliphatic heterocycles. The van der Waals surface area contributed by atoms with Crippen molar-refractivity contribution in [3.63, 3.8) is 0 Å². The van der Waals surface area contributed by atoms with Crippen LogP contribution in [0.4, 0.5) is 0 Å². The Morgan fingerprint density at radius 2 is 2.00 bits per heavy atom. The van der Waals surface area contributed by atoms with E-state index in [1.807, 2.05) is 37.3 Å². The van der Waals surface area contributed by atoms with Crippen LogP contribution in [0.3, 0.4) is 0 Å². The number of guanidine groups is 1. The Balaban J connectivity index is 0.00000480. The molecule has 7 nitrogen and oxygen atoms in total. The number of morpholine rings is 1. The van der Waals surface area contributed by atoms with Gasteiger partial charge in [0.2, 0.25) is 0 Å². The zero-order chi connectivity index (χ0) is 21.8. The topological polar surface area (TPSA) is 83.0 Å². The molecule has 2 rings (SSSR count). The summed E-state index contributed by atoms with van der Waals surface area (Å²) >= 11 is 0. The molecular weight excluding hydrogens is 527 g/mol. The minimum Gasteiger partial charge on any atom is -0.374 e. The Morgan fingerprint density at radius 1 is 1.26 bits per heavy atom. The Bertz CT molecular complexity index is 744. The fourth-order valence-electron chi connectivity index (χ4n) is 3.51. The first-order valence-electron chi connectivity index (χ1n) is 11.0. The number of aliphatic imine (C=N–C) groups is 1. The molecule has 1 aliphatic rings. The van der Waals surface area contributed by atoms with Gasteiger partial charge in [0.1, 0.15) is 0 Å². The number of ether oxygens (including phenoxy) is 1. The summed E-state index contributed by atoms with van der Waals surface area (Å²) in [6.45, 7) is 12.1. The van der Waals surface area contributed by atoms with E-state index < -0.39 is 9.84 Å². The molecule has 1 fully saturated rings. The van der Waals surface area contributed by atoms with E-state index in [2.05, 4.69) is 34.4 Å². The first kappa shape index (κ1) is 28.1. The molecule has 1 saturated heterocycles. The highest BCUT2D eigenvalue weighted by Crippen LogP contribution is 2.09. The fraction of sp³-hybridized carbons (Fsp3) is 0.682. The maximum atomic E-state index is 12.3. The van der Waals surface area contributed by atoms with E-state index in [1.165, 1.54) is 0 Å². The number of hydrogen-bond donors (Lipinski definition) is 2. The number of sulfone groups is 1. The lowest BCUT2D eigenvalue weighted by atomic mass is 10.2. The summed E-state index contributed by atoms with van der Waals surface area (Å²) in [5, 5.41) is 6.47. The minimum absolute atomic E-state index is 0. The molecule has 0 radical (unpaired) electrons. The van der Waals surface area contributed by atoms with Crippen LogP contribution in [0.2, 0.25) is 0 Å². The second-order valence-electron chi connectivity index (χ2n) is 8.22. The van der Waals surface area contributed by atoms with Crippen LogP contribution < -0.4 is 10.6 Å². The number of benzene rings is 1. The predicted octanol–water partition coefficient (Wildman–Crippen LogP) is 2.52. The van der Waals surface area contributed by atoms with E-state index in [1.54, 1.807) is 0 Å². The second kappa shape index (κ2) is 15.0. The lowest BCUT2D eigenvalue weighted by Crippen LogP contribution is -2.46. The van der Waals surface area contributed by atoms with E-state index in [9.17, 15) is 8.42 Å². The van der Waals surface area contributed by atoms with Gasteiger partial charge in [-0.05, 0) is 24.8 Å². The molecule has 0 aliphatic carbocycles. The molecule has 0 spiro atoms. The smallest absolute Gasteiger partial charge is 0.191 e. The zero-order valence-electron chi connectivity index (χ0n) is 19.0. The van der Waals surface area contributed by atoms with Crippen LogP contribution in [0.15, 0.2) is 35.3 Å². The van der Waals surface area contributed by atoms with Crippen molar-refractivity contribution in [2.75, 3.05) is 51.6 Å². The van der Waals surface area contributed by atoms with Gasteiger partial charge in [-0.2, -0.15) is 0 Å². The molecule has 0 bridgehead atoms. The van der Waals surface area contributed by atoms with Crippen molar-refractivity contribution in [1.82, 2.24) is 15.5 Å². The third kappa shape index (κ3) is 12.1. The van der Waals surface area contributed by atoms with E-state index in [4.69, 9.17) is 4.74 Å². The van der Waals surface area contributed by atoms with Crippen molar-refractivity contribution >= 4 is 39.8 Å². The van der Waals surface area contributed by atoms with Crippen LogP contribution in [0.25, 0.3) is 0 Å². The van der Waals surface area contributed by atoms with Gasteiger partial charge in [0, 0.05) is 32.7 Å². The van der Waals surface area contributed by atoms with E-state index in [-0.39, 0.29) is 41.6 Å². The number of halogens is 1. The van der Waals surface area contributed by atoms with Gasteiger partial charge < -0.3 is 15.4 Å². The Morgan fingerprint density at radius 3 is 2.68 bits per heavy atom. The summed E-state index contributed by atoms with van der Waals surface area (Å²) in [4.78, 5) is 7.08. The van der Waals surface area contributed by atoms with Gasteiger partial charge in [0.25, 0.3) is 0 Å². The highest BCUT2D eigenvalue weighted by Gasteiger charge is 2.20. The molecule has 1 aromatic carbocycles. The molecule has 0 aromatic heterocycles. The molecule has 1 unspecified atom stereocenters. The van der Waals surface area contributed by atoms with Crippen molar-refractivity contribution in [2.24, 2.45) is 10.9 Å². The molecule has 1 heterocycles. The van der Waals surface area contributed by atoms with Crippen LogP contribution in [-0.4, -0.2) is 77.0 Å². The Kier molecular flexibility index (Phi) is 13.6. The maximum absolute atomic E-state index is 12.3. The molecule has 178 valence electrons. The van der Waals surface area contributed by atoms with Crippen molar-refractivity contribution < 1.29 is 13.2 Å². The van der Waals surface area contributed by atoms with Crippen LogP contribution >= 0.6 is 24.0 Å². The average Bonchev–Trinajstić information content (AvgIpc) is 2.69. The van der Waals surface area contributed by atoms with E-state index in [0.29, 0.717) is 31.4 Å². The van der Waals surface area contributed by atoms with Gasteiger partial charge in [-0.3, -0.25) is 9.89 Å². The highest BCUT2D eigenvalue weighted by atomic mass is 127. The number of nitrogens with zero attached hydrogens (tertiary/aromatic N) is 2. The summed E-state index contributed by atoms with van der Waals surface area (Å²) in [6.07, 6.45) is 0.640. The molecule has 0 amide bonds. The summed E-state index contributed by atoms with van der Waals surface area (Å²) in [6, 6.07) is 9.32. The van der Waals surface area contributed by atoms with Crippen molar-refractivity contribution in [3.05, 3.63) is 35.9 Å². The molecule has 1 atom stereocenters. The minimum atomic E-state index is -3.12. The third-order valence-electron chi connectivity index (χ3n) is 4.80. The summed E-state index contributed by atoms with van der Waals surface area (Å²) in [5.74, 6) is 1.60. The summed E-state index contributed by atoms with van der Waals surface area (Å²) in [5.41, 5.74) is 0.833. The van der Waals surface area contributed by atoms with Crippen LogP contribution in [0.1, 0.15) is 32.8 Å². The second-order valence-corrected chi connectivity index (χ2v) is 10.4. The van der Waals surface area contributed by atoms with Gasteiger partial charge in [-0.15, -0.1) is 24.0 Å². The van der Waals surface area contributed by atoms with Crippen molar-refractivity contribution in [3.8, 4) is 0 Å². The van der Waals surface area contributed by atoms with Gasteiger partial charge in [-0.25, -0.2) is 8.42 Å². The fourth-order valence-corrected chi connectivity index (χ4v) is 4.94. The number of nitrogens with one attached hydrogen (secondary N) is 2. The maximum Gasteiger partial charge on any atom is 0.191 e. The van der Waals surface area contributed by atoms with E-state index in [0.717, 1.165) is 38.3 Å². The Hall–Kier alpha value is -0.910. The van der Waals surface area contributed by atoms with Gasteiger partial charge >= 0.3 is 0 Å². The van der Waals surface area contributed by atoms with Crippen LogP contribution in [0.5, 0.6) is 0 Å². The van der Waals surface area contributed by atoms with Gasteiger partial charge in [0.15, 0.2) is 15.8 Å². The lowest BCUT2D eigenvalue weighted by Gasteiger charge is -2.33. The monoisotopic (exact) mass is 566 g/mol. The predicted molar refractivity (Wildman–Crippen MR) is 139 cm³/mol. The molecule has 9 heteroatoms. The number of rotatable bonds is 11. The first-order valence-corrected chi connectivity index (χ1v) is 12.8. The Labute approximate surface area is 205 Å². The SMILES string of the molecule is CCNC(=NCC1CN(CC(C)C)CCO1)NCCCS(=O)(=O)Cc1ccccc1.I. The van der Waals surface area contributed by atoms with Gasteiger partial charge in [0.05, 0.1) is 30.8 Å². The van der Waals surface area contributed by atoms with Crippen LogP contribution in [0, 0.1) is 5.92 Å². The molecular formula is C22H39IN4O3S. The standard InChI is InChI=1S/C22H38N4O3S.HI/c1-4-23-22(25-15-21-17-26(12-13-29-21)16-19(2)3)24-11-8-14-30(27,28)18-20-9-6-5-7-10-20;/h5-7,9-10,19,21H,4,8,11-18H2,1-3H3,(H2,23,24,25);1H. The molecule has 31 heavy (non-hydrogen) atoms. The van der Waals surface area contributed by atoms with Crippen LogP contribution in [-0.2, 0) is 20.3 Å². The van der Waals surface area contributed by atoms with Crippen molar-refractivity contribution in [2.45, 2.75) is 39.0 Å². The first-order chi connectivity index (χ1) is 14.4. The molecule has 1 aromatic rings. The quantitative estimate of drug-likeness (QED) is 0.186. The zero-order valence-corrected chi connectivity index (χ0v) is 22.2. The van der Waals surface area contributed by atoms with Gasteiger partial charge in [-0.1, -0.05) is 44.2 Å². The van der Waals surface area contributed by atoms with Crippen molar-refractivity contribution in [1.29, 1.82) is 0 Å². The lowest BCUT2D eigenvalue weighted by molar-refractivity contribution is -0.0261. The summed E-state index contributed by atoms with van der Waals surface area (Å²) < 4.78 is 30.5. The van der Waals surface area contributed by atoms with E-state index >= 15 is 0 Å². The largest absolute Gasteiger partial charge is 0.374 e. The summed E-state index contributed by atoms with van der Waals surface area (Å²) in [7, 11) is -3.12. The average molecular weight is 567 g/mol. The normalized spacial score (nSPS) is 17.9.